The van der Waals surface area contributed by atoms with Crippen LogP contribution in [0.3, 0.4) is 0 Å². The fourth-order valence-corrected chi connectivity index (χ4v) is 3.54. The highest BCUT2D eigenvalue weighted by atomic mass is 16.6. The Balaban J connectivity index is 2.13. The van der Waals surface area contributed by atoms with E-state index in [4.69, 9.17) is 4.74 Å². The van der Waals surface area contributed by atoms with Gasteiger partial charge in [0.1, 0.15) is 5.60 Å². The maximum atomic E-state index is 12.1. The van der Waals surface area contributed by atoms with E-state index in [0.717, 1.165) is 6.42 Å². The van der Waals surface area contributed by atoms with Crippen LogP contribution in [-0.2, 0) is 9.53 Å². The molecule has 1 saturated heterocycles. The van der Waals surface area contributed by atoms with Crippen molar-refractivity contribution in [2.75, 3.05) is 13.1 Å². The number of ether oxygens (including phenoxy) is 1. The van der Waals surface area contributed by atoms with Crippen molar-refractivity contribution in [3.8, 4) is 0 Å². The van der Waals surface area contributed by atoms with E-state index in [1.807, 2.05) is 0 Å². The summed E-state index contributed by atoms with van der Waals surface area (Å²) in [5.41, 5.74) is -1.63. The van der Waals surface area contributed by atoms with Crippen LogP contribution in [0.25, 0.3) is 0 Å². The third-order valence-corrected chi connectivity index (χ3v) is 4.57. The number of nitrogens with zero attached hydrogens (tertiary/aromatic N) is 1. The molecule has 0 aromatic heterocycles. The van der Waals surface area contributed by atoms with E-state index < -0.39 is 29.2 Å². The van der Waals surface area contributed by atoms with Crippen molar-refractivity contribution in [2.45, 2.75) is 58.2 Å². The highest BCUT2D eigenvalue weighted by Crippen LogP contribution is 2.46. The summed E-state index contributed by atoms with van der Waals surface area (Å²) in [6, 6.07) is 0. The van der Waals surface area contributed by atoms with Crippen molar-refractivity contribution in [1.29, 1.82) is 0 Å². The molecule has 2 aliphatic rings. The number of amides is 1. The molecule has 2 N–H and O–H groups in total. The van der Waals surface area contributed by atoms with Gasteiger partial charge in [0.15, 0.2) is 0 Å². The van der Waals surface area contributed by atoms with Crippen LogP contribution in [0, 0.1) is 11.3 Å². The van der Waals surface area contributed by atoms with Crippen LogP contribution in [0.1, 0.15) is 46.5 Å². The molecule has 6 nitrogen and oxygen atoms in total. The van der Waals surface area contributed by atoms with Gasteiger partial charge in [0.25, 0.3) is 0 Å². The standard InChI is InChI=1S/C15H25NO5/c1-14(2,3)21-13(20)16-8-7-15(9-16,12(18)19)10-5-4-6-11(10)17/h10-11,17H,4-9H2,1-3H3,(H,18,19). The summed E-state index contributed by atoms with van der Waals surface area (Å²) >= 11 is 0. The van der Waals surface area contributed by atoms with Gasteiger partial charge in [-0.3, -0.25) is 4.79 Å². The molecule has 0 aromatic rings. The number of likely N-dealkylation sites (tertiary alicyclic amines) is 1. The minimum Gasteiger partial charge on any atom is -0.481 e. The Hall–Kier alpha value is -1.30. The van der Waals surface area contributed by atoms with E-state index in [-0.39, 0.29) is 12.5 Å². The molecule has 1 amide bonds. The van der Waals surface area contributed by atoms with Crippen LogP contribution in [0.15, 0.2) is 0 Å². The van der Waals surface area contributed by atoms with Crippen molar-refractivity contribution in [3.63, 3.8) is 0 Å². The predicted molar refractivity (Wildman–Crippen MR) is 75.8 cm³/mol. The summed E-state index contributed by atoms with van der Waals surface area (Å²) in [5.74, 6) is -1.19. The minimum atomic E-state index is -1.03. The fourth-order valence-electron chi connectivity index (χ4n) is 3.54. The van der Waals surface area contributed by atoms with Gasteiger partial charge < -0.3 is 19.8 Å². The lowest BCUT2D eigenvalue weighted by Gasteiger charge is -2.33. The molecule has 3 atom stereocenters. The van der Waals surface area contributed by atoms with E-state index in [1.54, 1.807) is 20.8 Å². The van der Waals surface area contributed by atoms with E-state index in [2.05, 4.69) is 0 Å². The van der Waals surface area contributed by atoms with Crippen molar-refractivity contribution in [3.05, 3.63) is 0 Å². The molecule has 1 heterocycles. The number of rotatable bonds is 2. The van der Waals surface area contributed by atoms with Crippen LogP contribution in [0.4, 0.5) is 4.79 Å². The lowest BCUT2D eigenvalue weighted by atomic mass is 9.72. The van der Waals surface area contributed by atoms with Gasteiger partial charge in [-0.05, 0) is 40.0 Å². The fraction of sp³-hybridized carbons (Fsp3) is 0.867. The maximum Gasteiger partial charge on any atom is 0.410 e. The van der Waals surface area contributed by atoms with Crippen LogP contribution in [-0.4, -0.2) is 52.0 Å². The van der Waals surface area contributed by atoms with Gasteiger partial charge in [0.2, 0.25) is 0 Å². The topological polar surface area (TPSA) is 87.1 Å². The van der Waals surface area contributed by atoms with Crippen molar-refractivity contribution in [1.82, 2.24) is 4.90 Å². The van der Waals surface area contributed by atoms with Gasteiger partial charge in [0.05, 0.1) is 11.5 Å². The molecule has 0 aromatic carbocycles. The Kier molecular flexibility index (Phi) is 4.19. The molecule has 2 rings (SSSR count). The Morgan fingerprint density at radius 2 is 1.95 bits per heavy atom. The average Bonchev–Trinajstić information content (AvgIpc) is 2.93. The smallest absolute Gasteiger partial charge is 0.410 e. The average molecular weight is 299 g/mol. The number of carbonyl (C=O) groups is 2. The van der Waals surface area contributed by atoms with Gasteiger partial charge >= 0.3 is 12.1 Å². The SMILES string of the molecule is CC(C)(C)OC(=O)N1CCC(C(=O)O)(C2CCCC2O)C1. The molecule has 2 fully saturated rings. The van der Waals surface area contributed by atoms with Crippen LogP contribution in [0.2, 0.25) is 0 Å². The lowest BCUT2D eigenvalue weighted by molar-refractivity contribution is -0.154. The van der Waals surface area contributed by atoms with E-state index in [1.165, 1.54) is 4.90 Å². The summed E-state index contributed by atoms with van der Waals surface area (Å²) < 4.78 is 5.32. The molecule has 120 valence electrons. The molecule has 1 aliphatic carbocycles. The van der Waals surface area contributed by atoms with Crippen molar-refractivity contribution in [2.24, 2.45) is 11.3 Å². The number of aliphatic hydroxyl groups is 1. The first-order valence-electron chi connectivity index (χ1n) is 7.55. The number of aliphatic carboxylic acids is 1. The quantitative estimate of drug-likeness (QED) is 0.812. The number of carboxylic acid groups (broad SMARTS) is 1. The van der Waals surface area contributed by atoms with Gasteiger partial charge in [-0.1, -0.05) is 6.42 Å². The van der Waals surface area contributed by atoms with Crippen molar-refractivity contribution >= 4 is 12.1 Å². The molecule has 6 heteroatoms. The lowest BCUT2D eigenvalue weighted by Crippen LogP contribution is -2.45. The van der Waals surface area contributed by atoms with Crippen LogP contribution >= 0.6 is 0 Å². The van der Waals surface area contributed by atoms with Gasteiger partial charge in [-0.25, -0.2) is 4.79 Å². The number of carboxylic acids is 1. The zero-order chi connectivity index (χ0) is 15.8. The van der Waals surface area contributed by atoms with Crippen molar-refractivity contribution < 1.29 is 24.5 Å². The zero-order valence-electron chi connectivity index (χ0n) is 13.0. The summed E-state index contributed by atoms with van der Waals surface area (Å²) in [6.45, 7) is 5.84. The van der Waals surface area contributed by atoms with E-state index >= 15 is 0 Å². The summed E-state index contributed by atoms with van der Waals surface area (Å²) in [7, 11) is 0. The van der Waals surface area contributed by atoms with Gasteiger partial charge in [-0.2, -0.15) is 0 Å². The Morgan fingerprint density at radius 3 is 2.43 bits per heavy atom. The predicted octanol–water partition coefficient (Wildman–Crippen LogP) is 1.86. The Labute approximate surface area is 125 Å². The summed E-state index contributed by atoms with van der Waals surface area (Å²) in [5, 5.41) is 19.8. The largest absolute Gasteiger partial charge is 0.481 e. The number of hydrogen-bond acceptors (Lipinski definition) is 4. The number of hydrogen-bond donors (Lipinski definition) is 2. The number of carbonyl (C=O) groups excluding carboxylic acids is 1. The molecule has 3 unspecified atom stereocenters. The van der Waals surface area contributed by atoms with Gasteiger partial charge in [0, 0.05) is 19.0 Å². The third-order valence-electron chi connectivity index (χ3n) is 4.57. The van der Waals surface area contributed by atoms with Crippen LogP contribution < -0.4 is 0 Å². The molecule has 1 saturated carbocycles. The zero-order valence-corrected chi connectivity index (χ0v) is 13.0. The summed E-state index contributed by atoms with van der Waals surface area (Å²) in [6.07, 6.45) is 1.51. The summed E-state index contributed by atoms with van der Waals surface area (Å²) in [4.78, 5) is 25.4. The Bertz CT molecular complexity index is 430. The second kappa shape index (κ2) is 5.48. The molecule has 0 bridgehead atoms. The maximum absolute atomic E-state index is 12.1. The molecule has 0 spiro atoms. The first-order chi connectivity index (χ1) is 9.66. The molecule has 1 aliphatic heterocycles. The molecular formula is C15H25NO5. The number of aliphatic hydroxyl groups excluding tert-OH is 1. The monoisotopic (exact) mass is 299 g/mol. The minimum absolute atomic E-state index is 0.124. The van der Waals surface area contributed by atoms with E-state index in [0.29, 0.717) is 25.8 Å². The first-order valence-corrected chi connectivity index (χ1v) is 7.55. The van der Waals surface area contributed by atoms with Gasteiger partial charge in [-0.15, -0.1) is 0 Å². The second-order valence-electron chi connectivity index (χ2n) is 7.22. The highest BCUT2D eigenvalue weighted by Gasteiger charge is 2.55. The van der Waals surface area contributed by atoms with E-state index in [9.17, 15) is 19.8 Å². The third kappa shape index (κ3) is 3.15. The normalized spacial score (nSPS) is 33.2. The molecular weight excluding hydrogens is 274 g/mol. The van der Waals surface area contributed by atoms with Crippen LogP contribution in [0.5, 0.6) is 0 Å². The second-order valence-corrected chi connectivity index (χ2v) is 7.22. The molecule has 0 radical (unpaired) electrons. The Morgan fingerprint density at radius 1 is 1.29 bits per heavy atom. The molecule has 21 heavy (non-hydrogen) atoms. The first kappa shape index (κ1) is 16.1. The highest BCUT2D eigenvalue weighted by molar-refractivity contribution is 5.78.